The Morgan fingerprint density at radius 1 is 0.906 bits per heavy atom. The van der Waals surface area contributed by atoms with Crippen LogP contribution < -0.4 is 0 Å². The van der Waals surface area contributed by atoms with Crippen molar-refractivity contribution in [3.63, 3.8) is 0 Å². The van der Waals surface area contributed by atoms with Crippen molar-refractivity contribution in [2.75, 3.05) is 6.61 Å². The predicted octanol–water partition coefficient (Wildman–Crippen LogP) is 5.75. The molecule has 0 aromatic carbocycles. The normalized spacial score (nSPS) is 30.2. The summed E-state index contributed by atoms with van der Waals surface area (Å²) >= 11 is 0. The van der Waals surface area contributed by atoms with Crippen molar-refractivity contribution in [1.29, 1.82) is 0 Å². The van der Waals surface area contributed by atoms with Gasteiger partial charge in [0.05, 0.1) is 6.61 Å². The molecule has 4 fully saturated rings. The van der Waals surface area contributed by atoms with Gasteiger partial charge in [-0.3, -0.25) is 0 Å². The van der Waals surface area contributed by atoms with Crippen molar-refractivity contribution in [1.82, 2.24) is 0 Å². The lowest BCUT2D eigenvalue weighted by Gasteiger charge is -2.62. The number of ether oxygens (including phenoxy) is 2. The Morgan fingerprint density at radius 2 is 1.31 bits per heavy atom. The van der Waals surface area contributed by atoms with Crippen molar-refractivity contribution in [3.05, 3.63) is 12.2 Å². The summed E-state index contributed by atoms with van der Waals surface area (Å²) in [7, 11) is 0. The van der Waals surface area contributed by atoms with Gasteiger partial charge in [0.1, 0.15) is 0 Å². The summed E-state index contributed by atoms with van der Waals surface area (Å²) in [6.07, 6.45) is -6.82. The van der Waals surface area contributed by atoms with E-state index in [-0.39, 0.29) is 5.41 Å². The first-order chi connectivity index (χ1) is 14.4. The summed E-state index contributed by atoms with van der Waals surface area (Å²) in [6, 6.07) is 0. The number of carbonyl (C=O) groups is 2. The van der Waals surface area contributed by atoms with Crippen LogP contribution in [0.15, 0.2) is 12.2 Å². The second-order valence-electron chi connectivity index (χ2n) is 10.5. The molecule has 10 heteroatoms. The highest BCUT2D eigenvalue weighted by atomic mass is 19.4. The Bertz CT molecular complexity index is 746. The number of carbonyl (C=O) groups excluding carboxylic acids is 2. The summed E-state index contributed by atoms with van der Waals surface area (Å²) < 4.78 is 90.4. The van der Waals surface area contributed by atoms with Crippen molar-refractivity contribution >= 4 is 11.9 Å². The van der Waals surface area contributed by atoms with Gasteiger partial charge in [-0.2, -0.15) is 26.3 Å². The van der Waals surface area contributed by atoms with E-state index in [9.17, 15) is 35.9 Å². The molecule has 0 atom stereocenters. The lowest BCUT2D eigenvalue weighted by Crippen LogP contribution is -2.66. The van der Waals surface area contributed by atoms with E-state index in [1.807, 2.05) is 0 Å². The molecule has 4 aliphatic carbocycles. The Kier molecular flexibility index (Phi) is 5.95. The average Bonchev–Trinajstić information content (AvgIpc) is 2.60. The maximum absolute atomic E-state index is 13.7. The quantitative estimate of drug-likeness (QED) is 0.282. The third-order valence-electron chi connectivity index (χ3n) is 7.72. The third-order valence-corrected chi connectivity index (χ3v) is 7.72. The monoisotopic (exact) mass is 470 g/mol. The molecule has 0 unspecified atom stereocenters. The van der Waals surface area contributed by atoms with Gasteiger partial charge in [-0.1, -0.05) is 20.4 Å². The summed E-state index contributed by atoms with van der Waals surface area (Å²) in [6.45, 7) is 6.66. The van der Waals surface area contributed by atoms with E-state index in [0.717, 1.165) is 45.4 Å². The fraction of sp³-hybridized carbons (Fsp3) is 0.818. The standard InChI is InChI=1S/C22H28F6O4/c1-12(2)16(29)32-20(21(23,24)25,22(26,27)28)17(30)31-11-18(3,4)19-8-13-5-14(9-19)7-15(6-13)10-19/h13-15H,1,5-11H2,2-4H3. The van der Waals surface area contributed by atoms with Crippen LogP contribution in [0.25, 0.3) is 0 Å². The van der Waals surface area contributed by atoms with Crippen LogP contribution in [-0.2, 0) is 19.1 Å². The molecule has 4 bridgehead atoms. The molecule has 0 radical (unpaired) electrons. The molecule has 0 aromatic rings. The molecule has 32 heavy (non-hydrogen) atoms. The fourth-order valence-electron chi connectivity index (χ4n) is 6.22. The minimum absolute atomic E-state index is 0.310. The van der Waals surface area contributed by atoms with Gasteiger partial charge in [-0.15, -0.1) is 0 Å². The Labute approximate surface area is 182 Å². The van der Waals surface area contributed by atoms with Gasteiger partial charge >= 0.3 is 29.9 Å². The highest BCUT2D eigenvalue weighted by Gasteiger charge is 2.81. The summed E-state index contributed by atoms with van der Waals surface area (Å²) in [5.74, 6) is -3.23. The van der Waals surface area contributed by atoms with Gasteiger partial charge in [0.2, 0.25) is 0 Å². The van der Waals surface area contributed by atoms with Crippen LogP contribution >= 0.6 is 0 Å². The second-order valence-corrected chi connectivity index (χ2v) is 10.5. The van der Waals surface area contributed by atoms with Gasteiger partial charge in [0.15, 0.2) is 0 Å². The molecule has 4 rings (SSSR count). The lowest BCUT2D eigenvalue weighted by molar-refractivity contribution is -0.359. The first-order valence-corrected chi connectivity index (χ1v) is 10.6. The molecule has 4 saturated carbocycles. The summed E-state index contributed by atoms with van der Waals surface area (Å²) in [4.78, 5) is 24.1. The van der Waals surface area contributed by atoms with E-state index < -0.39 is 47.5 Å². The third kappa shape index (κ3) is 3.91. The van der Waals surface area contributed by atoms with Gasteiger partial charge in [0, 0.05) is 11.0 Å². The number of halogens is 6. The molecule has 4 nitrogen and oxygen atoms in total. The minimum atomic E-state index is -6.28. The first-order valence-electron chi connectivity index (χ1n) is 10.6. The Balaban J connectivity index is 1.86. The van der Waals surface area contributed by atoms with E-state index in [4.69, 9.17) is 4.74 Å². The maximum Gasteiger partial charge on any atom is 0.449 e. The number of rotatable bonds is 6. The molecular weight excluding hydrogens is 442 g/mol. The zero-order valence-corrected chi connectivity index (χ0v) is 18.3. The predicted molar refractivity (Wildman–Crippen MR) is 101 cm³/mol. The van der Waals surface area contributed by atoms with E-state index in [1.54, 1.807) is 13.8 Å². The molecule has 0 N–H and O–H groups in total. The lowest BCUT2D eigenvalue weighted by atomic mass is 9.43. The summed E-state index contributed by atoms with van der Waals surface area (Å²) in [5, 5.41) is 0. The minimum Gasteiger partial charge on any atom is -0.462 e. The molecule has 0 aromatic heterocycles. The van der Waals surface area contributed by atoms with Crippen LogP contribution in [0.1, 0.15) is 59.3 Å². The van der Waals surface area contributed by atoms with Gasteiger partial charge in [-0.05, 0) is 68.6 Å². The maximum atomic E-state index is 13.7. The van der Waals surface area contributed by atoms with E-state index in [2.05, 4.69) is 11.3 Å². The molecule has 0 aliphatic heterocycles. The number of alkyl halides is 6. The number of esters is 2. The van der Waals surface area contributed by atoms with Gasteiger partial charge in [0.25, 0.3) is 0 Å². The van der Waals surface area contributed by atoms with Gasteiger partial charge in [-0.25, -0.2) is 9.59 Å². The van der Waals surface area contributed by atoms with Crippen molar-refractivity contribution in [2.24, 2.45) is 28.6 Å². The molecule has 0 spiro atoms. The zero-order chi connectivity index (χ0) is 24.3. The van der Waals surface area contributed by atoms with Crippen LogP contribution in [0.4, 0.5) is 26.3 Å². The highest BCUT2D eigenvalue weighted by Crippen LogP contribution is 2.66. The summed E-state index contributed by atoms with van der Waals surface area (Å²) in [5.41, 5.74) is -7.30. The van der Waals surface area contributed by atoms with Crippen molar-refractivity contribution < 1.29 is 45.4 Å². The van der Waals surface area contributed by atoms with Crippen LogP contribution in [-0.4, -0.2) is 36.5 Å². The van der Waals surface area contributed by atoms with Crippen LogP contribution in [0, 0.1) is 28.6 Å². The Hall–Kier alpha value is -1.74. The molecule has 0 saturated heterocycles. The van der Waals surface area contributed by atoms with Crippen molar-refractivity contribution in [3.8, 4) is 0 Å². The molecular formula is C22H28F6O4. The topological polar surface area (TPSA) is 52.6 Å². The number of hydrogen-bond donors (Lipinski definition) is 0. The SMILES string of the molecule is C=C(C)C(=O)OC(C(=O)OCC(C)(C)C12CC3CC(CC(C3)C1)C2)(C(F)(F)F)C(F)(F)F. The van der Waals surface area contributed by atoms with E-state index >= 15 is 0 Å². The molecule has 4 aliphatic rings. The van der Waals surface area contributed by atoms with E-state index in [1.165, 1.54) is 0 Å². The number of hydrogen-bond acceptors (Lipinski definition) is 4. The molecule has 0 heterocycles. The van der Waals surface area contributed by atoms with Crippen molar-refractivity contribution in [2.45, 2.75) is 77.2 Å². The smallest absolute Gasteiger partial charge is 0.449 e. The fourth-order valence-corrected chi connectivity index (χ4v) is 6.22. The van der Waals surface area contributed by atoms with Crippen LogP contribution in [0.3, 0.4) is 0 Å². The van der Waals surface area contributed by atoms with Gasteiger partial charge < -0.3 is 9.47 Å². The zero-order valence-electron chi connectivity index (χ0n) is 18.3. The Morgan fingerprint density at radius 3 is 1.66 bits per heavy atom. The van der Waals surface area contributed by atoms with Crippen LogP contribution in [0.2, 0.25) is 0 Å². The largest absolute Gasteiger partial charge is 0.462 e. The van der Waals surface area contributed by atoms with E-state index in [0.29, 0.717) is 17.8 Å². The highest BCUT2D eigenvalue weighted by molar-refractivity contribution is 5.92. The van der Waals surface area contributed by atoms with Crippen LogP contribution in [0.5, 0.6) is 0 Å². The molecule has 182 valence electrons. The second kappa shape index (κ2) is 7.65. The first kappa shape index (κ1) is 24.9. The molecule has 0 amide bonds. The average molecular weight is 470 g/mol.